The Morgan fingerprint density at radius 3 is 2.67 bits per heavy atom. The molecule has 0 saturated heterocycles. The number of imidazole rings is 1. The van der Waals surface area contributed by atoms with Gasteiger partial charge in [-0.1, -0.05) is 13.8 Å². The molecule has 0 unspecified atom stereocenters. The number of nitrogens with one attached hydrogen (secondary N) is 1. The highest BCUT2D eigenvalue weighted by Crippen LogP contribution is 2.31. The molecule has 1 N–H and O–H groups in total. The highest BCUT2D eigenvalue weighted by atomic mass is 32.2. The number of anilines is 1. The van der Waals surface area contributed by atoms with Crippen LogP contribution >= 0.6 is 11.8 Å². The van der Waals surface area contributed by atoms with E-state index in [-0.39, 0.29) is 5.92 Å². The fraction of sp³-hybridized carbons (Fsp3) is 0.278. The second-order valence-corrected chi connectivity index (χ2v) is 6.75. The molecule has 0 aliphatic heterocycles. The van der Waals surface area contributed by atoms with Gasteiger partial charge in [0.05, 0.1) is 11.4 Å². The molecule has 0 spiro atoms. The van der Waals surface area contributed by atoms with E-state index in [1.807, 2.05) is 37.4 Å². The second-order valence-electron chi connectivity index (χ2n) is 5.90. The van der Waals surface area contributed by atoms with Gasteiger partial charge < -0.3 is 5.32 Å². The van der Waals surface area contributed by atoms with Crippen molar-refractivity contribution < 1.29 is 4.79 Å². The Balaban J connectivity index is 2.26. The van der Waals surface area contributed by atoms with E-state index in [0.717, 1.165) is 39.0 Å². The van der Waals surface area contributed by atoms with Gasteiger partial charge in [-0.3, -0.25) is 9.36 Å². The molecule has 5 nitrogen and oxygen atoms in total. The van der Waals surface area contributed by atoms with Crippen molar-refractivity contribution in [1.29, 1.82) is 0 Å². The van der Waals surface area contributed by atoms with Gasteiger partial charge in [-0.05, 0) is 43.5 Å². The zero-order chi connectivity index (χ0) is 17.3. The summed E-state index contributed by atoms with van der Waals surface area (Å²) in [5.74, 6) is 1.25. The molecule has 3 aromatic rings. The van der Waals surface area contributed by atoms with Crippen molar-refractivity contribution in [2.75, 3.05) is 11.6 Å². The minimum atomic E-state index is 0.269. The van der Waals surface area contributed by atoms with Crippen LogP contribution in [0.3, 0.4) is 0 Å². The van der Waals surface area contributed by atoms with Gasteiger partial charge in [-0.2, -0.15) is 0 Å². The highest BCUT2D eigenvalue weighted by Gasteiger charge is 2.17. The minimum absolute atomic E-state index is 0.269. The van der Waals surface area contributed by atoms with E-state index in [4.69, 9.17) is 9.97 Å². The number of rotatable bonds is 5. The van der Waals surface area contributed by atoms with E-state index in [9.17, 15) is 4.79 Å². The zero-order valence-corrected chi connectivity index (χ0v) is 15.0. The third-order valence-electron chi connectivity index (χ3n) is 3.84. The molecule has 0 aliphatic carbocycles. The Morgan fingerprint density at radius 2 is 2.00 bits per heavy atom. The van der Waals surface area contributed by atoms with E-state index >= 15 is 0 Å². The topological polar surface area (TPSA) is 59.8 Å². The van der Waals surface area contributed by atoms with Crippen molar-refractivity contribution in [3.05, 3.63) is 41.9 Å². The minimum Gasteiger partial charge on any atom is -0.328 e. The first kappa shape index (κ1) is 16.5. The average Bonchev–Trinajstić information content (AvgIpc) is 2.94. The lowest BCUT2D eigenvalue weighted by atomic mass is 10.2. The first-order chi connectivity index (χ1) is 11.5. The Labute approximate surface area is 145 Å². The number of amides is 1. The Morgan fingerprint density at radius 1 is 1.21 bits per heavy atom. The molecule has 24 heavy (non-hydrogen) atoms. The molecular weight excluding hydrogens is 320 g/mol. The summed E-state index contributed by atoms with van der Waals surface area (Å²) < 4.78 is 2.11. The second kappa shape index (κ2) is 6.65. The van der Waals surface area contributed by atoms with Crippen LogP contribution in [0.15, 0.2) is 35.2 Å². The molecule has 0 radical (unpaired) electrons. The number of pyridine rings is 1. The monoisotopic (exact) mass is 340 g/mol. The number of fused-ring (bicyclic) bond motifs is 1. The maximum absolute atomic E-state index is 10.8. The van der Waals surface area contributed by atoms with Crippen LogP contribution in [0, 0.1) is 6.92 Å². The first-order valence-corrected chi connectivity index (χ1v) is 9.02. The number of hydrogen-bond donors (Lipinski definition) is 1. The molecule has 0 bridgehead atoms. The van der Waals surface area contributed by atoms with Gasteiger partial charge in [-0.25, -0.2) is 9.97 Å². The number of nitrogens with zero attached hydrogens (tertiary/aromatic N) is 3. The summed E-state index contributed by atoms with van der Waals surface area (Å²) in [6.45, 7) is 6.24. The first-order valence-electron chi connectivity index (χ1n) is 7.79. The summed E-state index contributed by atoms with van der Waals surface area (Å²) >= 11 is 1.59. The molecule has 0 saturated carbocycles. The molecule has 6 heteroatoms. The molecule has 1 amide bonds. The van der Waals surface area contributed by atoms with Crippen LogP contribution in [-0.2, 0) is 4.79 Å². The van der Waals surface area contributed by atoms with Crippen molar-refractivity contribution in [2.45, 2.75) is 31.6 Å². The molecule has 2 aromatic heterocycles. The largest absolute Gasteiger partial charge is 0.328 e. The van der Waals surface area contributed by atoms with Gasteiger partial charge in [0.15, 0.2) is 5.65 Å². The predicted molar refractivity (Wildman–Crippen MR) is 99.2 cm³/mol. The van der Waals surface area contributed by atoms with Crippen LogP contribution < -0.4 is 5.32 Å². The van der Waals surface area contributed by atoms with Crippen molar-refractivity contribution in [3.63, 3.8) is 0 Å². The number of hydrogen-bond acceptors (Lipinski definition) is 4. The van der Waals surface area contributed by atoms with E-state index < -0.39 is 0 Å². The fourth-order valence-electron chi connectivity index (χ4n) is 2.71. The van der Waals surface area contributed by atoms with E-state index in [1.54, 1.807) is 11.8 Å². The summed E-state index contributed by atoms with van der Waals surface area (Å²) in [7, 11) is 0. The molecule has 1 aromatic carbocycles. The number of carbonyl (C=O) groups excluding carboxylic acids is 1. The highest BCUT2D eigenvalue weighted by molar-refractivity contribution is 7.98. The quantitative estimate of drug-likeness (QED) is 0.560. The third-order valence-corrected chi connectivity index (χ3v) is 4.62. The number of carbonyl (C=O) groups is 1. The van der Waals surface area contributed by atoms with Crippen LogP contribution in [0.4, 0.5) is 5.69 Å². The van der Waals surface area contributed by atoms with Gasteiger partial charge in [0.25, 0.3) is 0 Å². The third kappa shape index (κ3) is 2.89. The van der Waals surface area contributed by atoms with Crippen LogP contribution in [-0.4, -0.2) is 27.2 Å². The maximum Gasteiger partial charge on any atom is 0.211 e. The standard InChI is InChI=1S/C18H20N4OS/c1-11(2)17-21-15-7-5-12(3)20-18(15)22(17)13-6-8-14(19-10-23)16(9-13)24-4/h5-11H,1-4H3,(H,19,23). The summed E-state index contributed by atoms with van der Waals surface area (Å²) in [4.78, 5) is 21.2. The Hall–Kier alpha value is -2.34. The molecule has 2 heterocycles. The number of thioether (sulfide) groups is 1. The van der Waals surface area contributed by atoms with Crippen molar-refractivity contribution in [3.8, 4) is 5.69 Å². The van der Waals surface area contributed by atoms with Gasteiger partial charge in [-0.15, -0.1) is 11.8 Å². The molecule has 0 fully saturated rings. The van der Waals surface area contributed by atoms with Gasteiger partial charge in [0.1, 0.15) is 11.3 Å². The fourth-order valence-corrected chi connectivity index (χ4v) is 3.30. The summed E-state index contributed by atoms with van der Waals surface area (Å²) in [5.41, 5.74) is 4.52. The van der Waals surface area contributed by atoms with Gasteiger partial charge >= 0.3 is 0 Å². The van der Waals surface area contributed by atoms with Crippen molar-refractivity contribution in [1.82, 2.24) is 14.5 Å². The van der Waals surface area contributed by atoms with Crippen molar-refractivity contribution >= 4 is 35.0 Å². The van der Waals surface area contributed by atoms with E-state index in [2.05, 4.69) is 29.8 Å². The van der Waals surface area contributed by atoms with Crippen LogP contribution in [0.25, 0.3) is 16.9 Å². The summed E-state index contributed by atoms with van der Waals surface area (Å²) in [6, 6.07) is 9.96. The molecule has 0 atom stereocenters. The van der Waals surface area contributed by atoms with Crippen LogP contribution in [0.1, 0.15) is 31.3 Å². The van der Waals surface area contributed by atoms with Crippen molar-refractivity contribution in [2.24, 2.45) is 0 Å². The lowest BCUT2D eigenvalue weighted by molar-refractivity contribution is -0.105. The molecule has 0 aliphatic rings. The Bertz CT molecular complexity index is 901. The number of aryl methyl sites for hydroxylation is 1. The van der Waals surface area contributed by atoms with Crippen LogP contribution in [0.5, 0.6) is 0 Å². The lowest BCUT2D eigenvalue weighted by Crippen LogP contribution is -2.05. The van der Waals surface area contributed by atoms with Gasteiger partial charge in [0.2, 0.25) is 6.41 Å². The molecule has 3 rings (SSSR count). The predicted octanol–water partition coefficient (Wildman–Crippen LogP) is 4.14. The molecule has 124 valence electrons. The normalized spacial score (nSPS) is 11.2. The van der Waals surface area contributed by atoms with E-state index in [1.165, 1.54) is 0 Å². The maximum atomic E-state index is 10.8. The molecular formula is C18H20N4OS. The summed E-state index contributed by atoms with van der Waals surface area (Å²) in [5, 5.41) is 2.74. The zero-order valence-electron chi connectivity index (χ0n) is 14.2. The lowest BCUT2D eigenvalue weighted by Gasteiger charge is -2.14. The number of benzene rings is 1. The SMILES string of the molecule is CSc1cc(-n2c(C(C)C)nc3ccc(C)nc32)ccc1NC=O. The summed E-state index contributed by atoms with van der Waals surface area (Å²) in [6.07, 6.45) is 2.69. The Kier molecular flexibility index (Phi) is 4.57. The van der Waals surface area contributed by atoms with E-state index in [0.29, 0.717) is 6.41 Å². The smallest absolute Gasteiger partial charge is 0.211 e. The van der Waals surface area contributed by atoms with Crippen LogP contribution in [0.2, 0.25) is 0 Å². The average molecular weight is 340 g/mol. The number of aromatic nitrogens is 3. The van der Waals surface area contributed by atoms with Gasteiger partial charge in [0, 0.05) is 16.5 Å².